The third kappa shape index (κ3) is 2.40. The monoisotopic (exact) mass is 345 g/mol. The van der Waals surface area contributed by atoms with E-state index in [0.29, 0.717) is 21.9 Å². The summed E-state index contributed by atoms with van der Waals surface area (Å²) in [4.78, 5) is 8.36. The van der Waals surface area contributed by atoms with Gasteiger partial charge in [-0.1, -0.05) is 24.2 Å². The van der Waals surface area contributed by atoms with Crippen LogP contribution in [-0.4, -0.2) is 15.9 Å². The number of nitrogens with zero attached hydrogens (tertiary/aromatic N) is 2. The summed E-state index contributed by atoms with van der Waals surface area (Å²) in [5.41, 5.74) is 6.84. The average Bonchev–Trinajstić information content (AvgIpc) is 3.00. The number of halogens is 2. The predicted molar refractivity (Wildman–Crippen MR) is 92.7 cm³/mol. The Bertz CT molecular complexity index is 824. The zero-order valence-corrected chi connectivity index (χ0v) is 13.8. The molecule has 1 aromatic carbocycles. The van der Waals surface area contributed by atoms with E-state index in [1.165, 1.54) is 24.0 Å². The molecular formula is C18H17F2N3S. The highest BCUT2D eigenvalue weighted by Crippen LogP contribution is 2.51. The van der Waals surface area contributed by atoms with Gasteiger partial charge in [-0.25, -0.2) is 9.37 Å². The fraction of sp³-hybridized carbons (Fsp3) is 0.333. The summed E-state index contributed by atoms with van der Waals surface area (Å²) < 4.78 is 28.7. The third-order valence-electron chi connectivity index (χ3n) is 5.03. The van der Waals surface area contributed by atoms with Crippen LogP contribution in [0.4, 0.5) is 8.78 Å². The lowest BCUT2D eigenvalue weighted by molar-refractivity contribution is 0.341. The van der Waals surface area contributed by atoms with Crippen LogP contribution < -0.4 is 5.73 Å². The molecule has 4 rings (SSSR count). The quantitative estimate of drug-likeness (QED) is 0.834. The molecule has 2 N–H and O–H groups in total. The maximum atomic E-state index is 14.7. The molecule has 1 saturated carbocycles. The Hall–Kier alpha value is -1.95. The predicted octanol–water partition coefficient (Wildman–Crippen LogP) is 4.08. The summed E-state index contributed by atoms with van der Waals surface area (Å²) in [6.07, 6.45) is 4.18. The maximum Gasteiger partial charge on any atom is 0.220 e. The van der Waals surface area contributed by atoms with Crippen molar-refractivity contribution in [1.82, 2.24) is 4.98 Å². The fourth-order valence-corrected chi connectivity index (χ4v) is 4.93. The van der Waals surface area contributed by atoms with Crippen molar-refractivity contribution in [2.45, 2.75) is 24.8 Å². The first kappa shape index (κ1) is 15.6. The van der Waals surface area contributed by atoms with Crippen LogP contribution in [-0.2, 0) is 5.54 Å². The molecule has 0 radical (unpaired) electrons. The van der Waals surface area contributed by atoms with Crippen molar-refractivity contribution < 1.29 is 8.78 Å². The van der Waals surface area contributed by atoms with Gasteiger partial charge in [-0.15, -0.1) is 0 Å². The van der Waals surface area contributed by atoms with Gasteiger partial charge in [-0.05, 0) is 48.6 Å². The van der Waals surface area contributed by atoms with Gasteiger partial charge in [0.25, 0.3) is 0 Å². The number of aliphatic imine (C=N–C) groups is 1. The topological polar surface area (TPSA) is 51.3 Å². The normalized spacial score (nSPS) is 26.1. The second kappa shape index (κ2) is 5.84. The molecule has 2 unspecified atom stereocenters. The highest BCUT2D eigenvalue weighted by molar-refractivity contribution is 8.13. The molecule has 0 spiro atoms. The van der Waals surface area contributed by atoms with E-state index in [2.05, 4.69) is 9.98 Å². The number of fused-ring (bicyclic) bond motifs is 1. The first-order chi connectivity index (χ1) is 11.6. The van der Waals surface area contributed by atoms with Crippen molar-refractivity contribution in [2.75, 3.05) is 5.75 Å². The maximum absolute atomic E-state index is 14.7. The fourth-order valence-electron chi connectivity index (χ4n) is 3.88. The number of hydrogen-bond acceptors (Lipinski definition) is 4. The van der Waals surface area contributed by atoms with Crippen LogP contribution in [0.15, 0.2) is 41.5 Å². The van der Waals surface area contributed by atoms with Gasteiger partial charge in [0.1, 0.15) is 5.82 Å². The third-order valence-corrected chi connectivity index (χ3v) is 5.99. The number of nitrogens with two attached hydrogens (primary N) is 1. The second-order valence-corrected chi connectivity index (χ2v) is 7.35. The lowest BCUT2D eigenvalue weighted by Crippen LogP contribution is -2.37. The minimum absolute atomic E-state index is 0.262. The van der Waals surface area contributed by atoms with Crippen LogP contribution >= 0.6 is 11.8 Å². The van der Waals surface area contributed by atoms with Gasteiger partial charge in [0.2, 0.25) is 5.95 Å². The van der Waals surface area contributed by atoms with E-state index in [1.54, 1.807) is 24.3 Å². The Morgan fingerprint density at radius 1 is 1.25 bits per heavy atom. The summed E-state index contributed by atoms with van der Waals surface area (Å²) in [6.45, 7) is 0. The second-order valence-electron chi connectivity index (χ2n) is 6.31. The highest BCUT2D eigenvalue weighted by atomic mass is 32.2. The van der Waals surface area contributed by atoms with Crippen molar-refractivity contribution in [3.05, 3.63) is 53.9 Å². The number of benzene rings is 1. The molecule has 2 atom stereocenters. The van der Waals surface area contributed by atoms with Crippen molar-refractivity contribution in [1.29, 1.82) is 0 Å². The molecule has 0 amide bonds. The molecule has 6 heteroatoms. The summed E-state index contributed by atoms with van der Waals surface area (Å²) in [6, 6.07) is 8.03. The zero-order valence-electron chi connectivity index (χ0n) is 13.0. The summed E-state index contributed by atoms with van der Waals surface area (Å²) in [5.74, 6) is 0.245. The Kier molecular flexibility index (Phi) is 3.79. The highest BCUT2D eigenvalue weighted by Gasteiger charge is 2.48. The van der Waals surface area contributed by atoms with Crippen LogP contribution in [0.3, 0.4) is 0 Å². The molecule has 0 saturated heterocycles. The van der Waals surface area contributed by atoms with Gasteiger partial charge >= 0.3 is 0 Å². The molecule has 1 aliphatic heterocycles. The van der Waals surface area contributed by atoms with Crippen molar-refractivity contribution in [3.63, 3.8) is 0 Å². The van der Waals surface area contributed by atoms with E-state index < -0.39 is 11.5 Å². The van der Waals surface area contributed by atoms with E-state index >= 15 is 0 Å². The summed E-state index contributed by atoms with van der Waals surface area (Å²) in [5, 5.41) is 0.505. The summed E-state index contributed by atoms with van der Waals surface area (Å²) >= 11 is 1.53. The van der Waals surface area contributed by atoms with Gasteiger partial charge < -0.3 is 5.73 Å². The number of thioether (sulfide) groups is 1. The molecule has 1 aromatic heterocycles. The standard InChI is InChI=1S/C18H17F2N3S/c19-15-6-5-11(13-4-2-8-22-16(13)20)9-14(15)18-7-1-3-12(18)10-24-17(21)23-18/h2,4-6,8-9,12H,1,3,7,10H2,(H2,21,23). The number of amidine groups is 1. The molecular weight excluding hydrogens is 328 g/mol. The van der Waals surface area contributed by atoms with Crippen LogP contribution in [0.1, 0.15) is 24.8 Å². The molecule has 2 heterocycles. The Labute approximate surface area is 143 Å². The van der Waals surface area contributed by atoms with E-state index in [1.807, 2.05) is 0 Å². The van der Waals surface area contributed by atoms with Gasteiger partial charge in [0, 0.05) is 23.1 Å². The van der Waals surface area contributed by atoms with E-state index in [-0.39, 0.29) is 11.7 Å². The molecule has 0 bridgehead atoms. The smallest absolute Gasteiger partial charge is 0.220 e. The lowest BCUT2D eigenvalue weighted by Gasteiger charge is -2.36. The van der Waals surface area contributed by atoms with E-state index in [9.17, 15) is 8.78 Å². The molecule has 124 valence electrons. The first-order valence-electron chi connectivity index (χ1n) is 7.99. The van der Waals surface area contributed by atoms with Crippen LogP contribution in [0.5, 0.6) is 0 Å². The number of aromatic nitrogens is 1. The van der Waals surface area contributed by atoms with Gasteiger partial charge in [0.15, 0.2) is 5.17 Å². The van der Waals surface area contributed by atoms with Crippen molar-refractivity contribution in [3.8, 4) is 11.1 Å². The average molecular weight is 345 g/mol. The Morgan fingerprint density at radius 3 is 2.96 bits per heavy atom. The van der Waals surface area contributed by atoms with Crippen LogP contribution in [0, 0.1) is 17.7 Å². The van der Waals surface area contributed by atoms with Crippen LogP contribution in [0.2, 0.25) is 0 Å². The molecule has 1 fully saturated rings. The van der Waals surface area contributed by atoms with Crippen LogP contribution in [0.25, 0.3) is 11.1 Å². The zero-order chi connectivity index (χ0) is 16.7. The van der Waals surface area contributed by atoms with E-state index in [0.717, 1.165) is 25.0 Å². The summed E-state index contributed by atoms with van der Waals surface area (Å²) in [7, 11) is 0. The van der Waals surface area contributed by atoms with Gasteiger partial charge in [-0.3, -0.25) is 4.99 Å². The minimum atomic E-state index is -0.617. The Morgan fingerprint density at radius 2 is 2.12 bits per heavy atom. The SMILES string of the molecule is NC1=NC2(c3cc(-c4cccnc4F)ccc3F)CCCC2CS1. The van der Waals surface area contributed by atoms with E-state index in [4.69, 9.17) is 5.73 Å². The first-order valence-corrected chi connectivity index (χ1v) is 8.98. The molecule has 24 heavy (non-hydrogen) atoms. The largest absolute Gasteiger partial charge is 0.379 e. The van der Waals surface area contributed by atoms with Crippen molar-refractivity contribution in [2.24, 2.45) is 16.6 Å². The van der Waals surface area contributed by atoms with Gasteiger partial charge in [-0.2, -0.15) is 4.39 Å². The molecule has 2 aliphatic rings. The number of hydrogen-bond donors (Lipinski definition) is 1. The lowest BCUT2D eigenvalue weighted by atomic mass is 9.80. The Balaban J connectivity index is 1.88. The molecule has 3 nitrogen and oxygen atoms in total. The molecule has 2 aromatic rings. The molecule has 1 aliphatic carbocycles. The number of rotatable bonds is 2. The number of pyridine rings is 1. The van der Waals surface area contributed by atoms with Gasteiger partial charge in [0.05, 0.1) is 5.54 Å². The van der Waals surface area contributed by atoms with Crippen molar-refractivity contribution >= 4 is 16.9 Å². The minimum Gasteiger partial charge on any atom is -0.379 e.